The fourth-order valence-corrected chi connectivity index (χ4v) is 11.1. The number of aromatic nitrogens is 7. The van der Waals surface area contributed by atoms with E-state index in [9.17, 15) is 22.8 Å². The zero-order valence-electron chi connectivity index (χ0n) is 41.6. The third-order valence-corrected chi connectivity index (χ3v) is 15.0. The first-order chi connectivity index (χ1) is 36.0. The van der Waals surface area contributed by atoms with Gasteiger partial charge in [-0.2, -0.15) is 18.3 Å². The molecule has 0 fully saturated rings. The minimum absolute atomic E-state index is 0. The second-order valence-electron chi connectivity index (χ2n) is 17.0. The summed E-state index contributed by atoms with van der Waals surface area (Å²) in [5, 5.41) is 15.1. The van der Waals surface area contributed by atoms with Crippen LogP contribution in [0.4, 0.5) is 13.2 Å². The maximum atomic E-state index is 12.7. The van der Waals surface area contributed by atoms with E-state index in [-0.39, 0.29) is 31.0 Å². The van der Waals surface area contributed by atoms with E-state index in [0.717, 1.165) is 33.7 Å². The molecule has 8 aromatic heterocycles. The Balaban J connectivity index is 0.000000272. The van der Waals surface area contributed by atoms with Crippen LogP contribution < -0.4 is 14.6 Å². The van der Waals surface area contributed by atoms with E-state index in [4.69, 9.17) is 19.9 Å². The molecular formula is C55H55F3N8O4RuS4. The van der Waals surface area contributed by atoms with E-state index < -0.39 is 12.0 Å². The summed E-state index contributed by atoms with van der Waals surface area (Å²) in [5.74, 6) is -0.726. The number of unbranched alkanes of at least 4 members (excludes halogenated alkanes) is 10. The molecule has 0 aromatic carbocycles. The number of thiocarbonyl (C=S) groups is 1. The van der Waals surface area contributed by atoms with Gasteiger partial charge in [-0.15, -0.1) is 34.0 Å². The van der Waals surface area contributed by atoms with Crippen LogP contribution >= 0.6 is 46.2 Å². The van der Waals surface area contributed by atoms with Gasteiger partial charge in [0, 0.05) is 66.1 Å². The summed E-state index contributed by atoms with van der Waals surface area (Å²) in [6.07, 6.45) is 17.8. The largest absolute Gasteiger partial charge is 2.00 e. The van der Waals surface area contributed by atoms with Gasteiger partial charge in [0.15, 0.2) is 0 Å². The van der Waals surface area contributed by atoms with E-state index in [2.05, 4.69) is 93.5 Å². The van der Waals surface area contributed by atoms with E-state index in [1.807, 2.05) is 29.5 Å². The van der Waals surface area contributed by atoms with Gasteiger partial charge >= 0.3 is 25.7 Å². The van der Waals surface area contributed by atoms with E-state index in [1.165, 1.54) is 113 Å². The molecular weight excluding hydrogens is 1120 g/mol. The second-order valence-corrected chi connectivity index (χ2v) is 20.7. The average molecular weight is 1180 g/mol. The molecule has 20 heteroatoms. The Kier molecular flexibility index (Phi) is 24.9. The molecule has 0 aliphatic rings. The Morgan fingerprint density at radius 2 is 1.15 bits per heavy atom. The van der Waals surface area contributed by atoms with Gasteiger partial charge in [0.2, 0.25) is 0 Å². The van der Waals surface area contributed by atoms with Crippen LogP contribution in [0.2, 0.25) is 0 Å². The number of halogens is 3. The van der Waals surface area contributed by atoms with Gasteiger partial charge in [0.25, 0.3) is 12.9 Å². The molecule has 8 heterocycles. The molecule has 0 amide bonds. The molecule has 392 valence electrons. The zero-order valence-corrected chi connectivity index (χ0v) is 46.6. The predicted octanol–water partition coefficient (Wildman–Crippen LogP) is 15.7. The van der Waals surface area contributed by atoms with Crippen molar-refractivity contribution in [3.8, 4) is 76.4 Å². The summed E-state index contributed by atoms with van der Waals surface area (Å²) in [4.78, 5) is 50.6. The van der Waals surface area contributed by atoms with Crippen molar-refractivity contribution in [1.82, 2.24) is 35.1 Å². The second kappa shape index (κ2) is 31.1. The molecule has 0 aliphatic carbocycles. The molecule has 0 unspecified atom stereocenters. The van der Waals surface area contributed by atoms with Crippen molar-refractivity contribution >= 4 is 64.3 Å². The summed E-state index contributed by atoms with van der Waals surface area (Å²) in [7, 11) is 0. The predicted molar refractivity (Wildman–Crippen MR) is 292 cm³/mol. The van der Waals surface area contributed by atoms with Crippen LogP contribution in [0.3, 0.4) is 0 Å². The Morgan fingerprint density at radius 1 is 0.627 bits per heavy atom. The summed E-state index contributed by atoms with van der Waals surface area (Å²) in [6.45, 7) is 7.37. The van der Waals surface area contributed by atoms with Crippen LogP contribution in [0, 0.1) is 6.92 Å². The SMILES string of the molecule is CCCCCCCCCCc1ccc(-c2ccnc(-c3nc(C(F)(F)F)n[n-]3)c2)s1.CCCCCCc1cc(C)sc1-c1ccc(-c2ccnc(-c3cc(OC=O)cc(-c4cc(OC=O)ccn4)n3)c2)s1.[N-]=C=S.[Ru+2]. The van der Waals surface area contributed by atoms with Gasteiger partial charge in [-0.1, -0.05) is 90.3 Å². The maximum absolute atomic E-state index is 12.7. The molecule has 0 saturated heterocycles. The molecule has 0 atom stereocenters. The number of hydrogen-bond acceptors (Lipinski definition) is 14. The number of rotatable bonds is 24. The monoisotopic (exact) mass is 1180 g/mol. The summed E-state index contributed by atoms with van der Waals surface area (Å²) < 4.78 is 48.2. The van der Waals surface area contributed by atoms with Crippen molar-refractivity contribution in [1.29, 1.82) is 0 Å². The van der Waals surface area contributed by atoms with Crippen molar-refractivity contribution in [2.45, 2.75) is 117 Å². The smallest absolute Gasteiger partial charge is 0.753 e. The maximum Gasteiger partial charge on any atom is 2.00 e. The number of hydrogen-bond donors (Lipinski definition) is 0. The van der Waals surface area contributed by atoms with Crippen molar-refractivity contribution in [3.63, 3.8) is 0 Å². The number of carbonyl (C=O) groups is 2. The molecule has 0 aliphatic heterocycles. The molecule has 8 rings (SSSR count). The summed E-state index contributed by atoms with van der Waals surface area (Å²) >= 11 is 9.04. The summed E-state index contributed by atoms with van der Waals surface area (Å²) in [6, 6.07) is 24.8. The third kappa shape index (κ3) is 18.4. The molecule has 75 heavy (non-hydrogen) atoms. The Morgan fingerprint density at radius 3 is 1.79 bits per heavy atom. The van der Waals surface area contributed by atoms with E-state index in [1.54, 1.807) is 65.4 Å². The minimum Gasteiger partial charge on any atom is -0.753 e. The quantitative estimate of drug-likeness (QED) is 0.0185. The Bertz CT molecular complexity index is 3080. The van der Waals surface area contributed by atoms with Gasteiger partial charge in [-0.25, -0.2) is 4.98 Å². The molecule has 0 spiro atoms. The number of ether oxygens (including phenoxy) is 2. The fourth-order valence-electron chi connectivity index (χ4n) is 7.89. The molecule has 0 N–H and O–H groups in total. The first-order valence-electron chi connectivity index (χ1n) is 24.3. The van der Waals surface area contributed by atoms with E-state index in [0.29, 0.717) is 47.2 Å². The van der Waals surface area contributed by atoms with Gasteiger partial charge in [0.1, 0.15) is 17.3 Å². The van der Waals surface area contributed by atoms with Crippen molar-refractivity contribution in [2.24, 2.45) is 0 Å². The number of alkyl halides is 3. The third-order valence-electron chi connectivity index (χ3n) is 11.4. The minimum atomic E-state index is -4.61. The average Bonchev–Trinajstić information content (AvgIpc) is 4.25. The van der Waals surface area contributed by atoms with Crippen LogP contribution in [0.25, 0.3) is 70.3 Å². The zero-order chi connectivity index (χ0) is 52.7. The van der Waals surface area contributed by atoms with Crippen LogP contribution in [0.15, 0.2) is 97.5 Å². The first kappa shape index (κ1) is 59.9. The Labute approximate surface area is 465 Å². The number of aryl methyl sites for hydroxylation is 3. The van der Waals surface area contributed by atoms with Gasteiger partial charge < -0.3 is 25.0 Å². The van der Waals surface area contributed by atoms with Crippen molar-refractivity contribution < 1.29 is 51.7 Å². The van der Waals surface area contributed by atoms with Crippen LogP contribution in [-0.2, 0) is 48.1 Å². The number of isothiocyanates is 1. The number of nitrogens with zero attached hydrogens (tertiary/aromatic N) is 8. The molecule has 12 nitrogen and oxygen atoms in total. The van der Waals surface area contributed by atoms with Crippen molar-refractivity contribution in [3.05, 3.63) is 124 Å². The van der Waals surface area contributed by atoms with E-state index >= 15 is 0 Å². The number of pyridine rings is 4. The molecule has 0 radical (unpaired) electrons. The normalized spacial score (nSPS) is 10.8. The molecule has 8 aromatic rings. The van der Waals surface area contributed by atoms with Crippen LogP contribution in [0.1, 0.15) is 112 Å². The molecule has 0 saturated carbocycles. The van der Waals surface area contributed by atoms with Crippen molar-refractivity contribution in [2.75, 3.05) is 0 Å². The van der Waals surface area contributed by atoms with Gasteiger partial charge in [0.05, 0.1) is 28.5 Å². The first-order valence-corrected chi connectivity index (χ1v) is 27.2. The fraction of sp³-hybridized carbons (Fsp3) is 0.327. The topological polar surface area (TPSA) is 166 Å². The summed E-state index contributed by atoms with van der Waals surface area (Å²) in [5.41, 5.74) is 5.68. The van der Waals surface area contributed by atoms with Crippen LogP contribution in [-0.4, -0.2) is 48.1 Å². The van der Waals surface area contributed by atoms with Gasteiger partial charge in [-0.3, -0.25) is 29.6 Å². The molecule has 0 bridgehead atoms. The van der Waals surface area contributed by atoms with Gasteiger partial charge in [-0.05, 0) is 116 Å². The Hall–Kier alpha value is -6.01. The van der Waals surface area contributed by atoms with Crippen LogP contribution in [0.5, 0.6) is 11.5 Å². The standard InChI is InChI=1S/C32H29N3O4S2.C22H26F3N4S.CNS.Ru/c1-3-4-5-6-7-23-14-21(2)40-32(23)31-9-8-30(41-31)22-10-12-33-26(15-22)28-17-25(39-20-37)18-29(35-28)27-16-24(38-19-36)11-13-34-27;1-2-3-4-5-6-7-8-9-10-17-11-12-19(30-17)16-13-14-26-18(15-16)20-27-21(29-28-20)22(23,24)25;2-1-3;/h8-20H,3-7H2,1-2H3;11-15H,2-10H2,1H3;;/q;2*-1;+2. The number of thiophene rings is 3. The number of carbonyl (C=O) groups excluding carboxylic acids is 2.